The number of fused-ring (bicyclic) bond motifs is 2. The Morgan fingerprint density at radius 2 is 2.11 bits per heavy atom. The minimum absolute atomic E-state index is 0.0278. The molecule has 0 amide bonds. The molecule has 0 aromatic carbocycles. The minimum Gasteiger partial charge on any atom is -0.348 e. The van der Waals surface area contributed by atoms with Gasteiger partial charge in [0.05, 0.1) is 10.6 Å². The van der Waals surface area contributed by atoms with Crippen LogP contribution in [-0.4, -0.2) is 31.3 Å². The van der Waals surface area contributed by atoms with Crippen LogP contribution in [0.1, 0.15) is 26.7 Å². The molecule has 0 aromatic rings. The fraction of sp³-hybridized carbons (Fsp3) is 0.818. The average Bonchev–Trinajstić information content (AvgIpc) is 2.54. The van der Waals surface area contributed by atoms with Crippen LogP contribution in [0.25, 0.3) is 0 Å². The number of carbonyl (C=O) groups is 2. The molecule has 0 heterocycles. The Hall–Kier alpha value is -0.430. The number of hydrogen-bond acceptors (Lipinski definition) is 5. The van der Waals surface area contributed by atoms with Crippen LogP contribution in [0.2, 0.25) is 0 Å². The summed E-state index contributed by atoms with van der Waals surface area (Å²) in [4.78, 5) is 22.1. The number of rotatable bonds is 4. The van der Waals surface area contributed by atoms with Crippen molar-refractivity contribution in [2.75, 3.05) is 5.75 Å². The third kappa shape index (κ3) is 1.66. The van der Waals surface area contributed by atoms with E-state index in [4.69, 9.17) is 0 Å². The maximum Gasteiger partial charge on any atom is 0.312 e. The van der Waals surface area contributed by atoms with E-state index in [0.29, 0.717) is 6.42 Å². The highest BCUT2D eigenvalue weighted by Gasteiger charge is 2.68. The molecule has 2 bridgehead atoms. The largest absolute Gasteiger partial charge is 0.348 e. The van der Waals surface area contributed by atoms with Crippen molar-refractivity contribution in [2.24, 2.45) is 16.7 Å². The molecule has 5 nitrogen and oxygen atoms in total. The van der Waals surface area contributed by atoms with Crippen molar-refractivity contribution >= 4 is 38.3 Å². The van der Waals surface area contributed by atoms with Crippen molar-refractivity contribution in [1.82, 2.24) is 0 Å². The second kappa shape index (κ2) is 4.03. The monoisotopic (exact) mass is 338 g/mol. The highest BCUT2D eigenvalue weighted by molar-refractivity contribution is 9.10. The highest BCUT2D eigenvalue weighted by atomic mass is 79.9. The molecule has 0 N–H and O–H groups in total. The first-order valence-corrected chi connectivity index (χ1v) is 8.20. The van der Waals surface area contributed by atoms with Gasteiger partial charge in [-0.2, -0.15) is 8.42 Å². The molecular formula is C11H15BrO5S. The number of alkyl halides is 1. The summed E-state index contributed by atoms with van der Waals surface area (Å²) in [6, 6.07) is 0. The topological polar surface area (TPSA) is 77.5 Å². The van der Waals surface area contributed by atoms with Gasteiger partial charge in [0.1, 0.15) is 0 Å². The van der Waals surface area contributed by atoms with Crippen LogP contribution >= 0.6 is 15.9 Å². The Kier molecular flexibility index (Phi) is 3.13. The van der Waals surface area contributed by atoms with Crippen LogP contribution in [0.3, 0.4) is 0 Å². The number of ketones is 1. The molecular weight excluding hydrogens is 324 g/mol. The zero-order valence-corrected chi connectivity index (χ0v) is 12.6. The highest BCUT2D eigenvalue weighted by Crippen LogP contribution is 2.65. The number of hydrogen-bond donors (Lipinski definition) is 0. The van der Waals surface area contributed by atoms with Crippen LogP contribution in [-0.2, 0) is 23.9 Å². The lowest BCUT2D eigenvalue weighted by atomic mass is 9.70. The van der Waals surface area contributed by atoms with Crippen molar-refractivity contribution in [1.29, 1.82) is 0 Å². The van der Waals surface area contributed by atoms with E-state index in [9.17, 15) is 18.0 Å². The van der Waals surface area contributed by atoms with E-state index in [-0.39, 0.29) is 28.8 Å². The molecule has 2 rings (SSSR count). The Labute approximate surface area is 115 Å². The van der Waals surface area contributed by atoms with E-state index in [1.807, 2.05) is 6.92 Å². The third-order valence-electron chi connectivity index (χ3n) is 4.84. The maximum atomic E-state index is 12.2. The molecule has 4 unspecified atom stereocenters. The van der Waals surface area contributed by atoms with Gasteiger partial charge in [0.25, 0.3) is 0 Å². The predicted molar refractivity (Wildman–Crippen MR) is 67.6 cm³/mol. The van der Waals surface area contributed by atoms with Gasteiger partial charge in [-0.1, -0.05) is 29.8 Å². The molecule has 7 heteroatoms. The van der Waals surface area contributed by atoms with E-state index in [1.54, 1.807) is 6.92 Å². The van der Waals surface area contributed by atoms with Gasteiger partial charge in [0.15, 0.2) is 5.78 Å². The molecule has 4 atom stereocenters. The molecule has 2 fully saturated rings. The van der Waals surface area contributed by atoms with E-state index in [1.165, 1.54) is 0 Å². The Morgan fingerprint density at radius 1 is 1.50 bits per heavy atom. The van der Waals surface area contributed by atoms with Crippen LogP contribution in [0.5, 0.6) is 0 Å². The van der Waals surface area contributed by atoms with Crippen molar-refractivity contribution in [3.63, 3.8) is 0 Å². The summed E-state index contributed by atoms with van der Waals surface area (Å²) in [5.41, 5.74) is -1.34. The molecule has 0 aliphatic heterocycles. The number of Topliss-reactive ketones (excluding diaryl/α,β-unsaturated/α-hetero) is 1. The van der Waals surface area contributed by atoms with Gasteiger partial charge in [-0.15, -0.1) is 0 Å². The predicted octanol–water partition coefficient (Wildman–Crippen LogP) is 1.26. The van der Waals surface area contributed by atoms with Crippen molar-refractivity contribution in [2.45, 2.75) is 31.5 Å². The van der Waals surface area contributed by atoms with Crippen LogP contribution in [0.15, 0.2) is 0 Å². The Balaban J connectivity index is 2.38. The summed E-state index contributed by atoms with van der Waals surface area (Å²) in [5, 5.41) is 0. The first kappa shape index (κ1) is 14.0. The SMILES string of the molecule is CC12CCC(C(Br)C1=O)C2(C)CS(=O)(=O)OC=O. The lowest BCUT2D eigenvalue weighted by molar-refractivity contribution is -0.127. The lowest BCUT2D eigenvalue weighted by Gasteiger charge is -2.35. The van der Waals surface area contributed by atoms with E-state index >= 15 is 0 Å². The lowest BCUT2D eigenvalue weighted by Crippen LogP contribution is -2.40. The Bertz CT molecular complexity index is 502. The quantitative estimate of drug-likeness (QED) is 0.438. The standard InChI is InChI=1S/C11H15BrO5S/c1-10-4-3-7(8(12)9(10)14)11(10,2)5-18(15,16)17-6-13/h6-8H,3-5H2,1-2H3. The van der Waals surface area contributed by atoms with Crippen molar-refractivity contribution in [3.05, 3.63) is 0 Å². The first-order chi connectivity index (χ1) is 8.18. The van der Waals surface area contributed by atoms with E-state index in [2.05, 4.69) is 20.1 Å². The molecule has 0 saturated heterocycles. The van der Waals surface area contributed by atoms with E-state index < -0.39 is 20.9 Å². The van der Waals surface area contributed by atoms with Crippen molar-refractivity contribution < 1.29 is 22.2 Å². The smallest absolute Gasteiger partial charge is 0.312 e. The van der Waals surface area contributed by atoms with Crippen molar-refractivity contribution in [3.8, 4) is 0 Å². The molecule has 18 heavy (non-hydrogen) atoms. The summed E-state index contributed by atoms with van der Waals surface area (Å²) in [7, 11) is -3.93. The zero-order chi connectivity index (χ0) is 13.8. The van der Waals surface area contributed by atoms with Gasteiger partial charge in [0.2, 0.25) is 0 Å². The van der Waals surface area contributed by atoms with E-state index in [0.717, 1.165) is 6.42 Å². The summed E-state index contributed by atoms with van der Waals surface area (Å²) in [5.74, 6) is -0.268. The van der Waals surface area contributed by atoms with Gasteiger partial charge in [0, 0.05) is 10.8 Å². The summed E-state index contributed by atoms with van der Waals surface area (Å²) >= 11 is 3.36. The normalized spacial score (nSPS) is 43.2. The van der Waals surface area contributed by atoms with Gasteiger partial charge in [-0.3, -0.25) is 9.59 Å². The molecule has 0 spiro atoms. The number of halogens is 1. The second-order valence-electron chi connectivity index (χ2n) is 5.56. The second-order valence-corrected chi connectivity index (χ2v) is 8.14. The summed E-state index contributed by atoms with van der Waals surface area (Å²) in [6.07, 6.45) is 1.50. The molecule has 2 aliphatic carbocycles. The van der Waals surface area contributed by atoms with Gasteiger partial charge >= 0.3 is 16.6 Å². The third-order valence-corrected chi connectivity index (χ3v) is 7.22. The number of carbonyl (C=O) groups excluding carboxylic acids is 2. The summed E-state index contributed by atoms with van der Waals surface area (Å²) < 4.78 is 27.5. The molecule has 0 aromatic heterocycles. The molecule has 0 radical (unpaired) electrons. The van der Waals surface area contributed by atoms with Gasteiger partial charge in [-0.25, -0.2) is 0 Å². The van der Waals surface area contributed by atoms with Crippen LogP contribution in [0, 0.1) is 16.7 Å². The first-order valence-electron chi connectivity index (χ1n) is 5.71. The molecule has 2 aliphatic rings. The Morgan fingerprint density at radius 3 is 2.56 bits per heavy atom. The fourth-order valence-electron chi connectivity index (χ4n) is 3.55. The molecule has 2 saturated carbocycles. The molecule has 102 valence electrons. The maximum absolute atomic E-state index is 12.2. The fourth-order valence-corrected chi connectivity index (χ4v) is 6.35. The van der Waals surface area contributed by atoms with Crippen LogP contribution in [0.4, 0.5) is 0 Å². The average molecular weight is 339 g/mol. The zero-order valence-electron chi connectivity index (χ0n) is 10.2. The van der Waals surface area contributed by atoms with Gasteiger partial charge < -0.3 is 4.18 Å². The van der Waals surface area contributed by atoms with Crippen LogP contribution < -0.4 is 0 Å². The van der Waals surface area contributed by atoms with Gasteiger partial charge in [-0.05, 0) is 18.8 Å². The minimum atomic E-state index is -3.93. The summed E-state index contributed by atoms with van der Waals surface area (Å²) in [6.45, 7) is 3.54.